The van der Waals surface area contributed by atoms with Gasteiger partial charge in [0.1, 0.15) is 17.2 Å². The van der Waals surface area contributed by atoms with Gasteiger partial charge in [0.25, 0.3) is 0 Å². The molecule has 1 aliphatic carbocycles. The number of halogens is 3. The molecule has 0 aromatic heterocycles. The quantitative estimate of drug-likeness (QED) is 0.139. The van der Waals surface area contributed by atoms with E-state index >= 15 is 0 Å². The number of carboxylic acid groups (broad SMARTS) is 1. The summed E-state index contributed by atoms with van der Waals surface area (Å²) in [6.45, 7) is 0. The third kappa shape index (κ3) is 9.49. The van der Waals surface area contributed by atoms with E-state index in [1.54, 1.807) is 60.7 Å². The fourth-order valence-electron chi connectivity index (χ4n) is 5.20. The van der Waals surface area contributed by atoms with Crippen LogP contribution in [0.2, 0.25) is 0 Å². The van der Waals surface area contributed by atoms with Crippen LogP contribution in [0, 0.1) is 0 Å². The average molecular weight is 648 g/mol. The van der Waals surface area contributed by atoms with Crippen LogP contribution in [0.3, 0.4) is 0 Å². The first-order valence-electron chi connectivity index (χ1n) is 14.9. The van der Waals surface area contributed by atoms with Gasteiger partial charge in [0.2, 0.25) is 5.91 Å². The summed E-state index contributed by atoms with van der Waals surface area (Å²) in [7, 11) is 0. The summed E-state index contributed by atoms with van der Waals surface area (Å²) < 4.78 is 50.8. The van der Waals surface area contributed by atoms with Crippen LogP contribution < -0.4 is 25.4 Å². The van der Waals surface area contributed by atoms with Gasteiger partial charge in [0.05, 0.1) is 29.3 Å². The predicted octanol–water partition coefficient (Wildman–Crippen LogP) is 7.89. The van der Waals surface area contributed by atoms with Crippen LogP contribution in [0.25, 0.3) is 0 Å². The molecule has 0 saturated heterocycles. The molecule has 47 heavy (non-hydrogen) atoms. The number of hydrogen-bond acceptors (Lipinski definition) is 5. The maximum atomic E-state index is 12.9. The molecule has 244 valence electrons. The van der Waals surface area contributed by atoms with Crippen molar-refractivity contribution in [3.05, 3.63) is 114 Å². The van der Waals surface area contributed by atoms with Gasteiger partial charge in [-0.15, -0.1) is 0 Å². The van der Waals surface area contributed by atoms with Crippen LogP contribution in [-0.4, -0.2) is 35.2 Å². The molecular formula is C35H32F3N3O6. The summed E-state index contributed by atoms with van der Waals surface area (Å²) >= 11 is 0. The minimum atomic E-state index is -4.49. The van der Waals surface area contributed by atoms with E-state index < -0.39 is 23.7 Å². The van der Waals surface area contributed by atoms with Gasteiger partial charge < -0.3 is 30.5 Å². The van der Waals surface area contributed by atoms with Crippen molar-refractivity contribution >= 4 is 29.3 Å². The number of benzene rings is 4. The second-order valence-corrected chi connectivity index (χ2v) is 11.1. The fourth-order valence-corrected chi connectivity index (χ4v) is 5.20. The third-order valence-corrected chi connectivity index (χ3v) is 7.54. The Bertz CT molecular complexity index is 1700. The minimum absolute atomic E-state index is 0.0180. The Hall–Kier alpha value is -5.52. The maximum Gasteiger partial charge on any atom is 0.416 e. The number of rotatable bonds is 10. The molecule has 3 amide bonds. The molecule has 0 aliphatic heterocycles. The zero-order valence-corrected chi connectivity index (χ0v) is 25.1. The molecule has 9 nitrogen and oxygen atoms in total. The number of para-hydroxylation sites is 1. The summed E-state index contributed by atoms with van der Waals surface area (Å²) in [5, 5.41) is 17.2. The van der Waals surface area contributed by atoms with E-state index in [9.17, 15) is 32.7 Å². The van der Waals surface area contributed by atoms with Crippen molar-refractivity contribution in [2.45, 2.75) is 50.4 Å². The van der Waals surface area contributed by atoms with E-state index in [1.165, 1.54) is 24.3 Å². The van der Waals surface area contributed by atoms with E-state index in [1.807, 2.05) is 0 Å². The lowest BCUT2D eigenvalue weighted by molar-refractivity contribution is -0.137. The van der Waals surface area contributed by atoms with Gasteiger partial charge in [-0.1, -0.05) is 30.3 Å². The Labute approximate surface area is 268 Å². The smallest absolute Gasteiger partial charge is 0.416 e. The lowest BCUT2D eigenvalue weighted by atomic mass is 9.93. The first kappa shape index (κ1) is 32.9. The van der Waals surface area contributed by atoms with Crippen LogP contribution in [0.1, 0.15) is 47.2 Å². The van der Waals surface area contributed by atoms with E-state index in [2.05, 4.69) is 16.0 Å². The molecule has 1 aliphatic rings. The van der Waals surface area contributed by atoms with Gasteiger partial charge in [-0.25, -0.2) is 9.59 Å². The van der Waals surface area contributed by atoms with Gasteiger partial charge in [-0.3, -0.25) is 4.79 Å². The van der Waals surface area contributed by atoms with E-state index in [0.717, 1.165) is 17.7 Å². The number of urea groups is 1. The number of ether oxygens (including phenoxy) is 2. The molecule has 5 rings (SSSR count). The average Bonchev–Trinajstić information content (AvgIpc) is 3.04. The second-order valence-electron chi connectivity index (χ2n) is 11.1. The van der Waals surface area contributed by atoms with Crippen molar-refractivity contribution in [2.24, 2.45) is 0 Å². The van der Waals surface area contributed by atoms with Crippen LogP contribution in [0.15, 0.2) is 97.1 Å². The van der Waals surface area contributed by atoms with Crippen molar-refractivity contribution in [1.29, 1.82) is 0 Å². The topological polar surface area (TPSA) is 126 Å². The van der Waals surface area contributed by atoms with Gasteiger partial charge in [-0.05, 0) is 98.0 Å². The molecule has 4 aromatic carbocycles. The number of anilines is 2. The molecular weight excluding hydrogens is 615 g/mol. The first-order valence-corrected chi connectivity index (χ1v) is 14.9. The summed E-state index contributed by atoms with van der Waals surface area (Å²) in [6, 6.07) is 24.2. The molecule has 1 saturated carbocycles. The Morgan fingerprint density at radius 2 is 1.40 bits per heavy atom. The highest BCUT2D eigenvalue weighted by atomic mass is 19.4. The van der Waals surface area contributed by atoms with Crippen molar-refractivity contribution in [1.82, 2.24) is 5.32 Å². The summed E-state index contributed by atoms with van der Waals surface area (Å²) in [5.41, 5.74) is 0.227. The number of carbonyl (C=O) groups excluding carboxylic acids is 2. The highest BCUT2D eigenvalue weighted by molar-refractivity contribution is 6.01. The van der Waals surface area contributed by atoms with E-state index in [0.29, 0.717) is 42.9 Å². The molecule has 0 atom stereocenters. The van der Waals surface area contributed by atoms with E-state index in [-0.39, 0.29) is 41.4 Å². The number of carbonyl (C=O) groups is 3. The Balaban J connectivity index is 1.04. The summed E-state index contributed by atoms with van der Waals surface area (Å²) in [6.07, 6.45) is -1.76. The highest BCUT2D eigenvalue weighted by Crippen LogP contribution is 2.31. The molecule has 12 heteroatoms. The third-order valence-electron chi connectivity index (χ3n) is 7.54. The zero-order chi connectivity index (χ0) is 33.4. The van der Waals surface area contributed by atoms with Crippen molar-refractivity contribution in [3.63, 3.8) is 0 Å². The van der Waals surface area contributed by atoms with Gasteiger partial charge in [0, 0.05) is 11.7 Å². The molecule has 1 fully saturated rings. The summed E-state index contributed by atoms with van der Waals surface area (Å²) in [5.74, 6) is 0.368. The molecule has 0 bridgehead atoms. The molecule has 0 unspecified atom stereocenters. The lowest BCUT2D eigenvalue weighted by Crippen LogP contribution is -2.41. The maximum absolute atomic E-state index is 12.9. The van der Waals surface area contributed by atoms with Crippen molar-refractivity contribution < 1.29 is 42.1 Å². The van der Waals surface area contributed by atoms with Crippen LogP contribution in [0.5, 0.6) is 17.2 Å². The number of nitrogens with one attached hydrogen (secondary N) is 3. The van der Waals surface area contributed by atoms with Crippen molar-refractivity contribution in [3.8, 4) is 17.2 Å². The monoisotopic (exact) mass is 647 g/mol. The van der Waals surface area contributed by atoms with E-state index in [4.69, 9.17) is 9.47 Å². The van der Waals surface area contributed by atoms with Crippen LogP contribution in [0.4, 0.5) is 29.3 Å². The second kappa shape index (κ2) is 14.7. The lowest BCUT2D eigenvalue weighted by Gasteiger charge is -2.29. The van der Waals surface area contributed by atoms with Crippen molar-refractivity contribution in [2.75, 3.05) is 10.6 Å². The van der Waals surface area contributed by atoms with Gasteiger partial charge in [0.15, 0.2) is 0 Å². The fraction of sp³-hybridized carbons (Fsp3) is 0.229. The predicted molar refractivity (Wildman–Crippen MR) is 169 cm³/mol. The normalized spacial score (nSPS) is 16.1. The molecule has 0 spiro atoms. The Morgan fingerprint density at radius 1 is 0.766 bits per heavy atom. The molecule has 4 N–H and O–H groups in total. The number of amides is 3. The Kier molecular flexibility index (Phi) is 10.3. The molecule has 4 aromatic rings. The largest absolute Gasteiger partial charge is 0.490 e. The first-order chi connectivity index (χ1) is 22.5. The van der Waals surface area contributed by atoms with Gasteiger partial charge in [-0.2, -0.15) is 13.2 Å². The minimum Gasteiger partial charge on any atom is -0.490 e. The number of alkyl halides is 3. The highest BCUT2D eigenvalue weighted by Gasteiger charge is 2.30. The summed E-state index contributed by atoms with van der Waals surface area (Å²) in [4.78, 5) is 36.2. The molecule has 0 heterocycles. The Morgan fingerprint density at radius 3 is 2.06 bits per heavy atom. The number of aromatic carboxylic acids is 1. The van der Waals surface area contributed by atoms with Crippen LogP contribution in [-0.2, 0) is 17.4 Å². The van der Waals surface area contributed by atoms with Gasteiger partial charge >= 0.3 is 18.2 Å². The van der Waals surface area contributed by atoms with Crippen LogP contribution >= 0.6 is 0 Å². The SMILES string of the molecule is O=C(Cc1ccc(Oc2ccc(OC3CCC(NC(=O)Nc4cccc(C(F)(F)F)c4)CC3)cc2)cc1)Nc1ccccc1C(=O)O. The number of carboxylic acids is 1. The number of hydrogen-bond donors (Lipinski definition) is 4. The standard InChI is InChI=1S/C35H32F3N3O6/c36-35(37,38)23-4-3-5-25(21-23)40-34(45)39-24-10-14-27(15-11-24)47-29-18-16-28(17-19-29)46-26-12-8-22(9-13-26)20-32(42)41-31-7-2-1-6-30(31)33(43)44/h1-9,12-13,16-19,21,24,27H,10-11,14-15,20H2,(H,41,42)(H,43,44)(H2,39,40,45). The zero-order valence-electron chi connectivity index (χ0n) is 25.1. The molecule has 0 radical (unpaired) electrons.